The number of carbonyl (C=O) groups is 1. The second-order valence-electron chi connectivity index (χ2n) is 10.3. The van der Waals surface area contributed by atoms with Gasteiger partial charge in [0, 0.05) is 12.0 Å². The quantitative estimate of drug-likeness (QED) is 0.529. The Kier molecular flexibility index (Phi) is 7.93. The summed E-state index contributed by atoms with van der Waals surface area (Å²) in [6, 6.07) is 0. The summed E-state index contributed by atoms with van der Waals surface area (Å²) in [6.07, 6.45) is 9.81. The van der Waals surface area contributed by atoms with Gasteiger partial charge in [0.05, 0.1) is 5.54 Å². The number of hydrogen-bond donors (Lipinski definition) is 2. The summed E-state index contributed by atoms with van der Waals surface area (Å²) in [5, 5.41) is 0. The molecular formula is C23H46N2O. The average Bonchev–Trinajstić information content (AvgIpc) is 2.59. The Morgan fingerprint density at radius 3 is 2.15 bits per heavy atom. The maximum Gasteiger partial charge on any atom is 0.153 e. The van der Waals surface area contributed by atoms with Gasteiger partial charge in [0.25, 0.3) is 0 Å². The molecule has 0 unspecified atom stereocenters. The number of rotatable bonds is 10. The van der Waals surface area contributed by atoms with E-state index < -0.39 is 5.54 Å². The number of Topliss-reactive ketones (excluding diaryl/α,β-unsaturated/α-hetero) is 1. The second-order valence-corrected chi connectivity index (χ2v) is 10.3. The van der Waals surface area contributed by atoms with Gasteiger partial charge in [-0.2, -0.15) is 0 Å². The van der Waals surface area contributed by atoms with Crippen molar-refractivity contribution in [2.75, 3.05) is 0 Å². The predicted molar refractivity (Wildman–Crippen MR) is 113 cm³/mol. The highest BCUT2D eigenvalue weighted by Gasteiger charge is 2.50. The average molecular weight is 367 g/mol. The Balaban J connectivity index is 2.98. The van der Waals surface area contributed by atoms with Crippen molar-refractivity contribution in [2.45, 2.75) is 124 Å². The van der Waals surface area contributed by atoms with E-state index in [0.29, 0.717) is 18.8 Å². The molecule has 0 aromatic rings. The summed E-state index contributed by atoms with van der Waals surface area (Å²) in [5.41, 5.74) is 12.9. The fraction of sp³-hybridized carbons (Fsp3) is 0.957. The minimum absolute atomic E-state index is 0.142. The zero-order chi connectivity index (χ0) is 20.2. The van der Waals surface area contributed by atoms with Crippen LogP contribution in [-0.2, 0) is 4.79 Å². The molecule has 1 fully saturated rings. The van der Waals surface area contributed by atoms with Crippen molar-refractivity contribution >= 4 is 5.78 Å². The standard InChI is InChI=1S/C23H46N2O/c1-8-21(7,23(25,9-2)19(26)13-12-18(3)4)16-17-22(24)15-11-10-14-20(22,5)6/h18H,8-17,24-25H2,1-7H3/t21-,22-,23-/m1/s1. The van der Waals surface area contributed by atoms with Gasteiger partial charge in [-0.1, -0.05) is 61.3 Å². The Bertz CT molecular complexity index is 473. The second kappa shape index (κ2) is 8.73. The highest BCUT2D eigenvalue weighted by Crippen LogP contribution is 2.49. The van der Waals surface area contributed by atoms with E-state index in [1.807, 2.05) is 0 Å². The molecule has 3 heteroatoms. The van der Waals surface area contributed by atoms with E-state index in [0.717, 1.165) is 32.1 Å². The van der Waals surface area contributed by atoms with Crippen molar-refractivity contribution in [3.8, 4) is 0 Å². The Morgan fingerprint density at radius 1 is 1.12 bits per heavy atom. The van der Waals surface area contributed by atoms with Crippen LogP contribution in [0.4, 0.5) is 0 Å². The van der Waals surface area contributed by atoms with Gasteiger partial charge in [-0.25, -0.2) is 0 Å². The highest BCUT2D eigenvalue weighted by atomic mass is 16.1. The Labute approximate surface area is 163 Å². The van der Waals surface area contributed by atoms with E-state index >= 15 is 0 Å². The molecule has 0 aliphatic heterocycles. The summed E-state index contributed by atoms with van der Waals surface area (Å²) < 4.78 is 0. The van der Waals surface area contributed by atoms with E-state index in [9.17, 15) is 4.79 Å². The SMILES string of the molecule is CC[C@](C)(CC[C@]1(N)CCCCC1(C)C)[C@@](N)(CC)C(=O)CCC(C)C. The fourth-order valence-electron chi connectivity index (χ4n) is 4.88. The molecule has 0 radical (unpaired) electrons. The van der Waals surface area contributed by atoms with Gasteiger partial charge in [0.1, 0.15) is 0 Å². The Hall–Kier alpha value is -0.410. The first kappa shape index (κ1) is 23.6. The van der Waals surface area contributed by atoms with E-state index in [1.165, 1.54) is 19.3 Å². The van der Waals surface area contributed by atoms with Crippen LogP contribution in [0.2, 0.25) is 0 Å². The zero-order valence-electron chi connectivity index (χ0n) is 18.7. The molecule has 0 aromatic carbocycles. The van der Waals surface area contributed by atoms with E-state index in [2.05, 4.69) is 48.5 Å². The van der Waals surface area contributed by atoms with Gasteiger partial charge >= 0.3 is 0 Å². The van der Waals surface area contributed by atoms with Crippen LogP contribution in [0, 0.1) is 16.7 Å². The molecule has 3 atom stereocenters. The first-order valence-electron chi connectivity index (χ1n) is 11.0. The lowest BCUT2D eigenvalue weighted by molar-refractivity contribution is -0.130. The lowest BCUT2D eigenvalue weighted by atomic mass is 9.57. The van der Waals surface area contributed by atoms with E-state index in [-0.39, 0.29) is 22.2 Å². The Morgan fingerprint density at radius 2 is 1.69 bits per heavy atom. The normalized spacial score (nSPS) is 27.8. The van der Waals surface area contributed by atoms with Crippen molar-refractivity contribution in [1.82, 2.24) is 0 Å². The van der Waals surface area contributed by atoms with Crippen LogP contribution < -0.4 is 11.5 Å². The molecule has 0 saturated heterocycles. The molecule has 0 aromatic heterocycles. The summed E-state index contributed by atoms with van der Waals surface area (Å²) in [4.78, 5) is 13.1. The highest BCUT2D eigenvalue weighted by molar-refractivity contribution is 5.89. The summed E-state index contributed by atoms with van der Waals surface area (Å²) in [6.45, 7) is 15.5. The third-order valence-corrected chi connectivity index (χ3v) is 8.01. The minimum Gasteiger partial charge on any atom is -0.325 e. The number of carbonyl (C=O) groups excluding carboxylic acids is 1. The first-order valence-corrected chi connectivity index (χ1v) is 11.0. The molecular weight excluding hydrogens is 320 g/mol. The maximum atomic E-state index is 13.1. The molecule has 0 heterocycles. The molecule has 1 saturated carbocycles. The lowest BCUT2D eigenvalue weighted by Crippen LogP contribution is -2.61. The van der Waals surface area contributed by atoms with Crippen LogP contribution in [0.3, 0.4) is 0 Å². The molecule has 1 aliphatic carbocycles. The van der Waals surface area contributed by atoms with Gasteiger partial charge in [-0.15, -0.1) is 0 Å². The summed E-state index contributed by atoms with van der Waals surface area (Å²) >= 11 is 0. The maximum absolute atomic E-state index is 13.1. The van der Waals surface area contributed by atoms with Crippen molar-refractivity contribution in [1.29, 1.82) is 0 Å². The third-order valence-electron chi connectivity index (χ3n) is 8.01. The van der Waals surface area contributed by atoms with Crippen LogP contribution in [0.15, 0.2) is 0 Å². The third kappa shape index (κ3) is 4.70. The van der Waals surface area contributed by atoms with Crippen LogP contribution in [-0.4, -0.2) is 16.9 Å². The topological polar surface area (TPSA) is 69.1 Å². The fourth-order valence-corrected chi connectivity index (χ4v) is 4.88. The van der Waals surface area contributed by atoms with E-state index in [4.69, 9.17) is 11.5 Å². The number of ketones is 1. The molecule has 1 aliphatic rings. The summed E-state index contributed by atoms with van der Waals surface area (Å²) in [5.74, 6) is 0.773. The van der Waals surface area contributed by atoms with Gasteiger partial charge in [0.2, 0.25) is 0 Å². The van der Waals surface area contributed by atoms with Crippen molar-refractivity contribution in [2.24, 2.45) is 28.2 Å². The van der Waals surface area contributed by atoms with E-state index in [1.54, 1.807) is 0 Å². The molecule has 1 rings (SSSR count). The van der Waals surface area contributed by atoms with Gasteiger partial charge < -0.3 is 11.5 Å². The monoisotopic (exact) mass is 366 g/mol. The van der Waals surface area contributed by atoms with Crippen LogP contribution >= 0.6 is 0 Å². The molecule has 4 N–H and O–H groups in total. The number of nitrogens with two attached hydrogens (primary N) is 2. The van der Waals surface area contributed by atoms with Gasteiger partial charge in [-0.3, -0.25) is 4.79 Å². The van der Waals surface area contributed by atoms with Gasteiger partial charge in [-0.05, 0) is 61.7 Å². The molecule has 3 nitrogen and oxygen atoms in total. The van der Waals surface area contributed by atoms with Crippen molar-refractivity contribution in [3.05, 3.63) is 0 Å². The van der Waals surface area contributed by atoms with Crippen molar-refractivity contribution in [3.63, 3.8) is 0 Å². The van der Waals surface area contributed by atoms with Crippen LogP contribution in [0.1, 0.15) is 113 Å². The molecule has 26 heavy (non-hydrogen) atoms. The molecule has 0 spiro atoms. The molecule has 0 bridgehead atoms. The van der Waals surface area contributed by atoms with Crippen LogP contribution in [0.25, 0.3) is 0 Å². The van der Waals surface area contributed by atoms with Crippen molar-refractivity contribution < 1.29 is 4.79 Å². The molecule has 154 valence electrons. The van der Waals surface area contributed by atoms with Crippen LogP contribution in [0.5, 0.6) is 0 Å². The first-order chi connectivity index (χ1) is 11.9. The summed E-state index contributed by atoms with van der Waals surface area (Å²) in [7, 11) is 0. The smallest absolute Gasteiger partial charge is 0.153 e. The zero-order valence-corrected chi connectivity index (χ0v) is 18.7. The lowest BCUT2D eigenvalue weighted by Gasteiger charge is -2.51. The van der Waals surface area contributed by atoms with Gasteiger partial charge in [0.15, 0.2) is 5.78 Å². The number of hydrogen-bond acceptors (Lipinski definition) is 3. The largest absolute Gasteiger partial charge is 0.325 e. The molecule has 0 amide bonds. The minimum atomic E-state index is -0.744. The predicted octanol–water partition coefficient (Wildman–Crippen LogP) is 5.59.